The number of anilines is 1. The van der Waals surface area contributed by atoms with Gasteiger partial charge < -0.3 is 4.74 Å². The Bertz CT molecular complexity index is 1090. The highest BCUT2D eigenvalue weighted by atomic mass is 32.2. The summed E-state index contributed by atoms with van der Waals surface area (Å²) in [4.78, 5) is 4.09. The van der Waals surface area contributed by atoms with Crippen molar-refractivity contribution >= 4 is 15.7 Å². The molecule has 0 atom stereocenters. The van der Waals surface area contributed by atoms with Crippen molar-refractivity contribution in [2.24, 2.45) is 0 Å². The van der Waals surface area contributed by atoms with Crippen LogP contribution in [0.4, 0.5) is 5.69 Å². The third kappa shape index (κ3) is 5.49. The molecule has 0 amide bonds. The predicted molar refractivity (Wildman–Crippen MR) is 129 cm³/mol. The van der Waals surface area contributed by atoms with Gasteiger partial charge in [-0.25, -0.2) is 8.42 Å². The lowest BCUT2D eigenvalue weighted by Crippen LogP contribution is -2.31. The van der Waals surface area contributed by atoms with Crippen molar-refractivity contribution in [3.8, 4) is 11.5 Å². The van der Waals surface area contributed by atoms with Gasteiger partial charge in [-0.2, -0.15) is 0 Å². The molecule has 0 spiro atoms. The molecule has 1 aliphatic carbocycles. The van der Waals surface area contributed by atoms with Crippen LogP contribution < -0.4 is 9.04 Å². The van der Waals surface area contributed by atoms with Crippen molar-refractivity contribution in [1.82, 2.24) is 4.98 Å². The van der Waals surface area contributed by atoms with E-state index in [1.807, 2.05) is 36.4 Å². The van der Waals surface area contributed by atoms with Gasteiger partial charge in [-0.1, -0.05) is 37.5 Å². The number of sulfonamides is 1. The van der Waals surface area contributed by atoms with Crippen LogP contribution in [0.15, 0.2) is 73.1 Å². The Hall–Kier alpha value is -2.86. The second-order valence-corrected chi connectivity index (χ2v) is 10.5. The lowest BCUT2D eigenvalue weighted by atomic mass is 9.84. The van der Waals surface area contributed by atoms with Crippen LogP contribution in [0.5, 0.6) is 11.5 Å². The molecule has 1 aliphatic rings. The Kier molecular flexibility index (Phi) is 7.10. The fraction of sp³-hybridized carbons (Fsp3) is 0.346. The summed E-state index contributed by atoms with van der Waals surface area (Å²) in [5.74, 6) is 2.15. The summed E-state index contributed by atoms with van der Waals surface area (Å²) in [6, 6.07) is 19.3. The van der Waals surface area contributed by atoms with Gasteiger partial charge in [0.1, 0.15) is 11.5 Å². The van der Waals surface area contributed by atoms with Crippen molar-refractivity contribution in [2.75, 3.05) is 10.1 Å². The molecule has 5 nitrogen and oxygen atoms in total. The van der Waals surface area contributed by atoms with Crippen molar-refractivity contribution in [1.29, 1.82) is 0 Å². The van der Waals surface area contributed by atoms with E-state index in [9.17, 15) is 8.42 Å². The highest BCUT2D eigenvalue weighted by Gasteiger charge is 2.21. The molecule has 168 valence electrons. The van der Waals surface area contributed by atoms with Crippen LogP contribution in [0.25, 0.3) is 0 Å². The van der Waals surface area contributed by atoms with E-state index < -0.39 is 10.0 Å². The molecule has 0 aliphatic heterocycles. The Morgan fingerprint density at radius 2 is 1.59 bits per heavy atom. The van der Waals surface area contributed by atoms with E-state index in [-0.39, 0.29) is 12.3 Å². The topological polar surface area (TPSA) is 59.5 Å². The quantitative estimate of drug-likeness (QED) is 0.405. The van der Waals surface area contributed by atoms with Gasteiger partial charge in [0.05, 0.1) is 18.0 Å². The summed E-state index contributed by atoms with van der Waals surface area (Å²) in [5.41, 5.74) is 2.84. The first-order valence-electron chi connectivity index (χ1n) is 11.3. The molecule has 0 radical (unpaired) electrons. The van der Waals surface area contributed by atoms with Crippen molar-refractivity contribution < 1.29 is 13.2 Å². The van der Waals surface area contributed by atoms with Crippen LogP contribution in [-0.2, 0) is 16.6 Å². The number of benzene rings is 2. The molecule has 1 heterocycles. The van der Waals surface area contributed by atoms with E-state index in [0.717, 1.165) is 11.3 Å². The van der Waals surface area contributed by atoms with Crippen LogP contribution in [-0.4, -0.2) is 19.2 Å². The number of pyridine rings is 1. The van der Waals surface area contributed by atoms with Crippen molar-refractivity contribution in [3.05, 3.63) is 84.2 Å². The minimum absolute atomic E-state index is 0.0266. The number of nitrogens with zero attached hydrogens (tertiary/aromatic N) is 2. The lowest BCUT2D eigenvalue weighted by Gasteiger charge is -2.24. The van der Waals surface area contributed by atoms with Crippen LogP contribution in [0, 0.1) is 0 Å². The first-order valence-corrected chi connectivity index (χ1v) is 12.9. The van der Waals surface area contributed by atoms with Crippen molar-refractivity contribution in [2.45, 2.75) is 51.5 Å². The Balaban J connectivity index is 1.47. The van der Waals surface area contributed by atoms with Gasteiger partial charge >= 0.3 is 0 Å². The number of hydrogen-bond acceptors (Lipinski definition) is 4. The normalized spacial score (nSPS) is 14.8. The zero-order valence-electron chi connectivity index (χ0n) is 18.5. The van der Waals surface area contributed by atoms with Gasteiger partial charge in [0.2, 0.25) is 10.0 Å². The second-order valence-electron chi connectivity index (χ2n) is 8.27. The van der Waals surface area contributed by atoms with Gasteiger partial charge in [0, 0.05) is 12.4 Å². The molecule has 3 aromatic rings. The predicted octanol–water partition coefficient (Wildman–Crippen LogP) is 6.28. The molecular weight excluding hydrogens is 420 g/mol. The summed E-state index contributed by atoms with van der Waals surface area (Å²) < 4.78 is 32.9. The molecule has 4 rings (SSSR count). The summed E-state index contributed by atoms with van der Waals surface area (Å²) in [7, 11) is -3.43. The third-order valence-corrected chi connectivity index (χ3v) is 7.81. The zero-order chi connectivity index (χ0) is 22.4. The molecule has 2 aromatic carbocycles. The van der Waals surface area contributed by atoms with Crippen LogP contribution >= 0.6 is 0 Å². The number of rotatable bonds is 8. The number of ether oxygens (including phenoxy) is 1. The lowest BCUT2D eigenvalue weighted by molar-refractivity contribution is 0.442. The maximum absolute atomic E-state index is 12.7. The van der Waals surface area contributed by atoms with Gasteiger partial charge in [-0.3, -0.25) is 9.29 Å². The van der Waals surface area contributed by atoms with E-state index in [0.29, 0.717) is 17.4 Å². The van der Waals surface area contributed by atoms with E-state index in [1.54, 1.807) is 31.5 Å². The molecule has 1 saturated carbocycles. The van der Waals surface area contributed by atoms with Gasteiger partial charge in [-0.15, -0.1) is 0 Å². The largest absolute Gasteiger partial charge is 0.457 e. The molecule has 0 unspecified atom stereocenters. The number of aromatic nitrogens is 1. The zero-order valence-corrected chi connectivity index (χ0v) is 19.3. The molecule has 6 heteroatoms. The third-order valence-electron chi connectivity index (χ3n) is 6.07. The standard InChI is InChI=1S/C26H30N2O3S/c1-2-32(29,30)28(20-21-7-6-18-27-19-21)24-12-16-26(17-13-24)31-25-14-10-23(11-15-25)22-8-4-3-5-9-22/h6-7,10-19,22H,2-5,8-9,20H2,1H3. The Morgan fingerprint density at radius 1 is 0.938 bits per heavy atom. The molecule has 32 heavy (non-hydrogen) atoms. The van der Waals surface area contributed by atoms with E-state index in [4.69, 9.17) is 4.74 Å². The monoisotopic (exact) mass is 450 g/mol. The molecule has 0 bridgehead atoms. The highest BCUT2D eigenvalue weighted by Crippen LogP contribution is 2.34. The smallest absolute Gasteiger partial charge is 0.235 e. The SMILES string of the molecule is CCS(=O)(=O)N(Cc1cccnc1)c1ccc(Oc2ccc(C3CCCCC3)cc2)cc1. The Labute approximate surface area is 191 Å². The first-order chi connectivity index (χ1) is 15.5. The fourth-order valence-corrected chi connectivity index (χ4v) is 5.32. The van der Waals surface area contributed by atoms with Crippen LogP contribution in [0.2, 0.25) is 0 Å². The molecule has 0 saturated heterocycles. The average Bonchev–Trinajstić information content (AvgIpc) is 2.85. The molecule has 1 fully saturated rings. The maximum Gasteiger partial charge on any atom is 0.235 e. The second kappa shape index (κ2) is 10.2. The summed E-state index contributed by atoms with van der Waals surface area (Å²) >= 11 is 0. The fourth-order valence-electron chi connectivity index (χ4n) is 4.22. The molecule has 0 N–H and O–H groups in total. The highest BCUT2D eigenvalue weighted by molar-refractivity contribution is 7.92. The number of hydrogen-bond donors (Lipinski definition) is 0. The van der Waals surface area contributed by atoms with E-state index >= 15 is 0 Å². The maximum atomic E-state index is 12.7. The van der Waals surface area contributed by atoms with Crippen LogP contribution in [0.1, 0.15) is 56.1 Å². The van der Waals surface area contributed by atoms with Crippen LogP contribution in [0.3, 0.4) is 0 Å². The molecule has 1 aromatic heterocycles. The van der Waals surface area contributed by atoms with Gasteiger partial charge in [0.25, 0.3) is 0 Å². The minimum atomic E-state index is -3.43. The average molecular weight is 451 g/mol. The van der Waals surface area contributed by atoms with Gasteiger partial charge in [-0.05, 0) is 79.3 Å². The molecular formula is C26H30N2O3S. The Morgan fingerprint density at radius 3 is 2.19 bits per heavy atom. The first kappa shape index (κ1) is 22.3. The van der Waals surface area contributed by atoms with Crippen molar-refractivity contribution in [3.63, 3.8) is 0 Å². The van der Waals surface area contributed by atoms with Gasteiger partial charge in [0.15, 0.2) is 0 Å². The summed E-state index contributed by atoms with van der Waals surface area (Å²) in [6.45, 7) is 1.90. The minimum Gasteiger partial charge on any atom is -0.457 e. The van der Waals surface area contributed by atoms with E-state index in [1.165, 1.54) is 42.0 Å². The summed E-state index contributed by atoms with van der Waals surface area (Å²) in [6.07, 6.45) is 9.91. The van der Waals surface area contributed by atoms with E-state index in [2.05, 4.69) is 17.1 Å². The summed E-state index contributed by atoms with van der Waals surface area (Å²) in [5, 5.41) is 0.